The van der Waals surface area contributed by atoms with E-state index in [1.54, 1.807) is 34.8 Å². The summed E-state index contributed by atoms with van der Waals surface area (Å²) in [5.41, 5.74) is 2.86. The Hall–Kier alpha value is -3.13. The molecular formula is C23H20B2F2N4OS. The molecule has 0 N–H and O–H groups in total. The minimum atomic E-state index is -0.777. The number of pyridine rings is 1. The highest BCUT2D eigenvalue weighted by Gasteiger charge is 2.44. The van der Waals surface area contributed by atoms with E-state index in [-0.39, 0.29) is 18.0 Å². The monoisotopic (exact) mass is 460 g/mol. The molecule has 3 heterocycles. The summed E-state index contributed by atoms with van der Waals surface area (Å²) >= 11 is 1.57. The largest absolute Gasteiger partial charge is 0.339 e. The highest BCUT2D eigenvalue weighted by atomic mass is 32.2. The Bertz CT molecular complexity index is 1420. The van der Waals surface area contributed by atoms with E-state index in [0.29, 0.717) is 22.4 Å². The van der Waals surface area contributed by atoms with E-state index in [1.807, 2.05) is 47.3 Å². The van der Waals surface area contributed by atoms with E-state index in [1.165, 1.54) is 17.0 Å². The van der Waals surface area contributed by atoms with Crippen LogP contribution >= 0.6 is 11.8 Å². The van der Waals surface area contributed by atoms with Crippen LogP contribution in [0.1, 0.15) is 21.6 Å². The molecule has 0 radical (unpaired) electrons. The number of carbonyl (C=O) groups is 1. The van der Waals surface area contributed by atoms with Gasteiger partial charge in [0.05, 0.1) is 17.8 Å². The van der Waals surface area contributed by atoms with E-state index in [2.05, 4.69) is 10.1 Å². The molecule has 5 nitrogen and oxygen atoms in total. The fourth-order valence-corrected chi connectivity index (χ4v) is 5.09. The number of rotatable bonds is 4. The first-order chi connectivity index (χ1) is 15.7. The van der Waals surface area contributed by atoms with E-state index >= 15 is 8.78 Å². The maximum Gasteiger partial charge on any atom is 0.255 e. The Labute approximate surface area is 196 Å². The number of amides is 1. The molecule has 10 heteroatoms. The fraction of sp³-hybridized carbons (Fsp3) is 0.174. The highest BCUT2D eigenvalue weighted by molar-refractivity contribution is 7.98. The summed E-state index contributed by atoms with van der Waals surface area (Å²) in [5.74, 6) is -1.66. The van der Waals surface area contributed by atoms with Gasteiger partial charge in [-0.05, 0) is 47.7 Å². The molecular weight excluding hydrogens is 440 g/mol. The first-order valence-corrected chi connectivity index (χ1v) is 11.7. The maximum atomic E-state index is 15.3. The number of carbonyl (C=O) groups excluding carboxylic acids is 1. The Balaban J connectivity index is 1.55. The SMILES string of the molecule is BC1(B)c2ncccc2C(=O)N1Cc1c(F)cc(-c2ccc(SC)c3nn(C)cc23)cc1F. The van der Waals surface area contributed by atoms with Crippen LogP contribution in [-0.2, 0) is 18.9 Å². The van der Waals surface area contributed by atoms with Gasteiger partial charge < -0.3 is 4.90 Å². The zero-order chi connectivity index (χ0) is 23.5. The molecule has 0 aliphatic carbocycles. The standard InChI is InChI=1S/C23H20B2F2N4OS/c1-30-10-15-13(5-6-19(33-2)20(15)29-30)12-8-17(26)16(18(27)9-12)11-31-22(32)14-4-3-7-28-21(14)23(31,24)25/h3-10H,11,24-25H2,1-2H3. The first kappa shape index (κ1) is 21.7. The van der Waals surface area contributed by atoms with E-state index in [4.69, 9.17) is 0 Å². The lowest BCUT2D eigenvalue weighted by atomic mass is 9.59. The van der Waals surface area contributed by atoms with Crippen LogP contribution in [0.25, 0.3) is 22.0 Å². The summed E-state index contributed by atoms with van der Waals surface area (Å²) < 4.78 is 32.3. The van der Waals surface area contributed by atoms with Crippen molar-refractivity contribution in [1.29, 1.82) is 0 Å². The van der Waals surface area contributed by atoms with Gasteiger partial charge in [0.15, 0.2) is 0 Å². The third-order valence-corrected chi connectivity index (χ3v) is 7.05. The van der Waals surface area contributed by atoms with Crippen molar-refractivity contribution in [2.75, 3.05) is 6.26 Å². The van der Waals surface area contributed by atoms with E-state index in [9.17, 15) is 4.79 Å². The number of halogens is 2. The fourth-order valence-electron chi connectivity index (χ4n) is 4.54. The first-order valence-electron chi connectivity index (χ1n) is 10.5. The van der Waals surface area contributed by atoms with Crippen molar-refractivity contribution in [3.8, 4) is 11.1 Å². The van der Waals surface area contributed by atoms with Crippen LogP contribution in [0.15, 0.2) is 53.7 Å². The molecule has 1 amide bonds. The molecule has 0 saturated heterocycles. The molecule has 0 atom stereocenters. The van der Waals surface area contributed by atoms with Gasteiger partial charge in [-0.2, -0.15) is 5.10 Å². The Morgan fingerprint density at radius 1 is 1.12 bits per heavy atom. The van der Waals surface area contributed by atoms with Crippen molar-refractivity contribution >= 4 is 44.3 Å². The number of aromatic nitrogens is 3. The Morgan fingerprint density at radius 3 is 2.52 bits per heavy atom. The number of hydrogen-bond donors (Lipinski definition) is 0. The van der Waals surface area contributed by atoms with Crippen molar-refractivity contribution in [3.05, 3.63) is 77.2 Å². The van der Waals surface area contributed by atoms with Crippen LogP contribution in [0.3, 0.4) is 0 Å². The summed E-state index contributed by atoms with van der Waals surface area (Å²) in [5, 5.41) is 4.55. The van der Waals surface area contributed by atoms with E-state index < -0.39 is 17.0 Å². The van der Waals surface area contributed by atoms with Crippen molar-refractivity contribution < 1.29 is 13.6 Å². The van der Waals surface area contributed by atoms with Gasteiger partial charge >= 0.3 is 0 Å². The lowest BCUT2D eigenvalue weighted by Gasteiger charge is -2.32. The molecule has 0 unspecified atom stereocenters. The van der Waals surface area contributed by atoms with Crippen LogP contribution in [-0.4, -0.2) is 47.5 Å². The molecule has 0 spiro atoms. The van der Waals surface area contributed by atoms with Gasteiger partial charge in [0, 0.05) is 40.6 Å². The third-order valence-electron chi connectivity index (χ3n) is 6.28. The second kappa shape index (κ2) is 7.73. The van der Waals surface area contributed by atoms with Gasteiger partial charge in [-0.1, -0.05) is 6.07 Å². The molecule has 0 bridgehead atoms. The topological polar surface area (TPSA) is 51.0 Å². The summed E-state index contributed by atoms with van der Waals surface area (Å²) in [7, 11) is 5.49. The molecule has 33 heavy (non-hydrogen) atoms. The summed E-state index contributed by atoms with van der Waals surface area (Å²) in [6, 6.07) is 9.82. The number of thioether (sulfide) groups is 1. The minimum Gasteiger partial charge on any atom is -0.339 e. The van der Waals surface area contributed by atoms with Crippen LogP contribution in [0.4, 0.5) is 8.78 Å². The lowest BCUT2D eigenvalue weighted by Crippen LogP contribution is -2.45. The molecule has 2 aromatic carbocycles. The van der Waals surface area contributed by atoms with Crippen LogP contribution in [0.5, 0.6) is 0 Å². The van der Waals surface area contributed by atoms with E-state index in [0.717, 1.165) is 15.8 Å². The predicted molar refractivity (Wildman–Crippen MR) is 131 cm³/mol. The molecule has 5 rings (SSSR count). The number of nitrogens with zero attached hydrogens (tertiary/aromatic N) is 4. The smallest absolute Gasteiger partial charge is 0.255 e. The zero-order valence-electron chi connectivity index (χ0n) is 18.7. The summed E-state index contributed by atoms with van der Waals surface area (Å²) in [6.45, 7) is -0.187. The van der Waals surface area contributed by atoms with Gasteiger partial charge in [0.2, 0.25) is 0 Å². The number of benzene rings is 2. The van der Waals surface area contributed by atoms with Gasteiger partial charge in [-0.15, -0.1) is 11.8 Å². The zero-order valence-corrected chi connectivity index (χ0v) is 19.5. The summed E-state index contributed by atoms with van der Waals surface area (Å²) in [4.78, 5) is 19.8. The Kier molecular flexibility index (Phi) is 5.08. The number of fused-ring (bicyclic) bond motifs is 2. The minimum absolute atomic E-state index is 0.142. The van der Waals surface area contributed by atoms with Crippen LogP contribution < -0.4 is 0 Å². The van der Waals surface area contributed by atoms with Gasteiger partial charge in [0.25, 0.3) is 5.91 Å². The maximum absolute atomic E-state index is 15.3. The second-order valence-electron chi connectivity index (χ2n) is 8.65. The van der Waals surface area contributed by atoms with Crippen LogP contribution in [0.2, 0.25) is 0 Å². The number of hydrogen-bond acceptors (Lipinski definition) is 4. The third kappa shape index (κ3) is 3.35. The van der Waals surface area contributed by atoms with Crippen molar-refractivity contribution in [2.24, 2.45) is 7.05 Å². The second-order valence-corrected chi connectivity index (χ2v) is 9.50. The Morgan fingerprint density at radius 2 is 1.85 bits per heavy atom. The van der Waals surface area contributed by atoms with Gasteiger partial charge in [-0.25, -0.2) is 8.78 Å². The normalized spacial score (nSPS) is 14.8. The molecule has 1 aliphatic rings. The molecule has 4 aromatic rings. The quantitative estimate of drug-likeness (QED) is 0.347. The molecule has 0 fully saturated rings. The lowest BCUT2D eigenvalue weighted by molar-refractivity contribution is 0.0727. The molecule has 164 valence electrons. The van der Waals surface area contributed by atoms with Crippen molar-refractivity contribution in [2.45, 2.75) is 16.8 Å². The van der Waals surface area contributed by atoms with Crippen LogP contribution in [0, 0.1) is 11.6 Å². The molecule has 2 aromatic heterocycles. The number of aryl methyl sites for hydroxylation is 1. The average molecular weight is 460 g/mol. The molecule has 1 aliphatic heterocycles. The van der Waals surface area contributed by atoms with Gasteiger partial charge in [0.1, 0.15) is 32.8 Å². The average Bonchev–Trinajstić information content (AvgIpc) is 3.26. The molecule has 0 saturated carbocycles. The van der Waals surface area contributed by atoms with Crippen molar-refractivity contribution in [3.63, 3.8) is 0 Å². The highest BCUT2D eigenvalue weighted by Crippen LogP contribution is 2.37. The van der Waals surface area contributed by atoms with Crippen molar-refractivity contribution in [1.82, 2.24) is 19.7 Å². The van der Waals surface area contributed by atoms with Gasteiger partial charge in [-0.3, -0.25) is 14.5 Å². The summed E-state index contributed by atoms with van der Waals surface area (Å²) in [6.07, 6.45) is 5.44. The predicted octanol–water partition coefficient (Wildman–Crippen LogP) is 2.67.